The van der Waals surface area contributed by atoms with Crippen molar-refractivity contribution in [2.75, 3.05) is 27.2 Å². The van der Waals surface area contributed by atoms with E-state index in [-0.39, 0.29) is 11.8 Å². The molecular weight excluding hydrogens is 398 g/mol. The molecule has 168 valence electrons. The molecule has 1 saturated heterocycles. The molecular formula is C27H33N3O2. The largest absolute Gasteiger partial charge is 0.348 e. The summed E-state index contributed by atoms with van der Waals surface area (Å²) in [7, 11) is 3.67. The predicted octanol–water partition coefficient (Wildman–Crippen LogP) is 4.34. The van der Waals surface area contributed by atoms with Crippen molar-refractivity contribution in [3.63, 3.8) is 0 Å². The van der Waals surface area contributed by atoms with Gasteiger partial charge in [0.1, 0.15) is 0 Å². The van der Waals surface area contributed by atoms with Crippen LogP contribution in [0.25, 0.3) is 11.1 Å². The molecule has 2 heterocycles. The number of benzene rings is 1. The Labute approximate surface area is 191 Å². The van der Waals surface area contributed by atoms with Gasteiger partial charge in [0.25, 0.3) is 0 Å². The fraction of sp³-hybridized carbons (Fsp3) is 0.444. The van der Waals surface area contributed by atoms with E-state index in [0.717, 1.165) is 29.5 Å². The molecule has 4 rings (SSSR count). The van der Waals surface area contributed by atoms with E-state index in [9.17, 15) is 9.59 Å². The van der Waals surface area contributed by atoms with E-state index in [1.807, 2.05) is 43.4 Å². The summed E-state index contributed by atoms with van der Waals surface area (Å²) in [5.41, 5.74) is 2.85. The molecule has 32 heavy (non-hydrogen) atoms. The van der Waals surface area contributed by atoms with Crippen molar-refractivity contribution in [2.45, 2.75) is 38.5 Å². The third-order valence-corrected chi connectivity index (χ3v) is 7.00. The maximum absolute atomic E-state index is 13.4. The molecule has 0 N–H and O–H groups in total. The van der Waals surface area contributed by atoms with Crippen LogP contribution in [0.5, 0.6) is 0 Å². The number of pyridine rings is 1. The lowest BCUT2D eigenvalue weighted by Gasteiger charge is -2.42. The Kier molecular flexibility index (Phi) is 6.73. The first-order chi connectivity index (χ1) is 15.5. The fourth-order valence-electron chi connectivity index (χ4n) is 5.19. The average Bonchev–Trinajstić information content (AvgIpc) is 3.33. The summed E-state index contributed by atoms with van der Waals surface area (Å²) in [6.07, 6.45) is 12.8. The number of hydrogen-bond donors (Lipinski definition) is 0. The Morgan fingerprint density at radius 3 is 2.56 bits per heavy atom. The second-order valence-corrected chi connectivity index (χ2v) is 9.41. The second kappa shape index (κ2) is 9.68. The maximum atomic E-state index is 13.4. The Bertz CT molecular complexity index is 975. The zero-order chi connectivity index (χ0) is 22.6. The Balaban J connectivity index is 1.54. The van der Waals surface area contributed by atoms with Crippen molar-refractivity contribution in [3.8, 4) is 11.1 Å². The summed E-state index contributed by atoms with van der Waals surface area (Å²) in [6.45, 7) is 1.29. The van der Waals surface area contributed by atoms with E-state index < -0.39 is 5.41 Å². The van der Waals surface area contributed by atoms with Gasteiger partial charge in [-0.15, -0.1) is 0 Å². The number of piperidine rings is 1. The van der Waals surface area contributed by atoms with Crippen molar-refractivity contribution in [3.05, 3.63) is 66.5 Å². The average molecular weight is 432 g/mol. The van der Waals surface area contributed by atoms with Gasteiger partial charge in [0.2, 0.25) is 11.8 Å². The number of nitrogens with zero attached hydrogens (tertiary/aromatic N) is 3. The lowest BCUT2D eigenvalue weighted by molar-refractivity contribution is -0.146. The molecule has 1 aromatic heterocycles. The quantitative estimate of drug-likeness (QED) is 0.639. The molecule has 1 fully saturated rings. The van der Waals surface area contributed by atoms with Crippen molar-refractivity contribution in [2.24, 2.45) is 11.3 Å². The SMILES string of the molecule is CN(C)C(=O)C1(Cc2ccccc2-c2cccnc2)CCN(C(=O)C[C@@H]2C=CCC2)CC1. The number of rotatable bonds is 6. The minimum atomic E-state index is -0.494. The predicted molar refractivity (Wildman–Crippen MR) is 127 cm³/mol. The highest BCUT2D eigenvalue weighted by atomic mass is 16.2. The molecule has 1 aromatic carbocycles. The van der Waals surface area contributed by atoms with Gasteiger partial charge in [-0.3, -0.25) is 14.6 Å². The maximum Gasteiger partial charge on any atom is 0.228 e. The summed E-state index contributed by atoms with van der Waals surface area (Å²) >= 11 is 0. The van der Waals surface area contributed by atoms with Crippen LogP contribution in [0.4, 0.5) is 0 Å². The van der Waals surface area contributed by atoms with Crippen LogP contribution in [-0.2, 0) is 16.0 Å². The normalized spacial score (nSPS) is 19.7. The zero-order valence-corrected chi connectivity index (χ0v) is 19.2. The van der Waals surface area contributed by atoms with Gasteiger partial charge in [-0.25, -0.2) is 0 Å². The number of amides is 2. The summed E-state index contributed by atoms with van der Waals surface area (Å²) < 4.78 is 0. The second-order valence-electron chi connectivity index (χ2n) is 9.41. The number of likely N-dealkylation sites (tertiary alicyclic amines) is 1. The van der Waals surface area contributed by atoms with Gasteiger partial charge in [-0.05, 0) is 55.2 Å². The van der Waals surface area contributed by atoms with E-state index in [4.69, 9.17) is 0 Å². The topological polar surface area (TPSA) is 53.5 Å². The minimum Gasteiger partial charge on any atom is -0.348 e. The Hall–Kier alpha value is -2.95. The molecule has 0 bridgehead atoms. The monoisotopic (exact) mass is 431 g/mol. The highest BCUT2D eigenvalue weighted by molar-refractivity contribution is 5.84. The molecule has 0 spiro atoms. The number of carbonyl (C=O) groups is 2. The van der Waals surface area contributed by atoms with Gasteiger partial charge in [-0.2, -0.15) is 0 Å². The third-order valence-electron chi connectivity index (χ3n) is 7.00. The molecule has 5 nitrogen and oxygen atoms in total. The van der Waals surface area contributed by atoms with Crippen LogP contribution in [0, 0.1) is 11.3 Å². The van der Waals surface area contributed by atoms with E-state index >= 15 is 0 Å². The van der Waals surface area contributed by atoms with Gasteiger partial charge in [-0.1, -0.05) is 42.5 Å². The third kappa shape index (κ3) is 4.77. The van der Waals surface area contributed by atoms with E-state index in [2.05, 4.69) is 35.3 Å². The van der Waals surface area contributed by atoms with Crippen LogP contribution in [0.3, 0.4) is 0 Å². The van der Waals surface area contributed by atoms with Gasteiger partial charge < -0.3 is 9.80 Å². The molecule has 2 aromatic rings. The van der Waals surface area contributed by atoms with Gasteiger partial charge in [0.05, 0.1) is 5.41 Å². The van der Waals surface area contributed by atoms with Crippen LogP contribution in [0.15, 0.2) is 60.9 Å². The highest BCUT2D eigenvalue weighted by Crippen LogP contribution is 2.39. The molecule has 0 unspecified atom stereocenters. The van der Waals surface area contributed by atoms with Crippen molar-refractivity contribution in [1.82, 2.24) is 14.8 Å². The van der Waals surface area contributed by atoms with Crippen LogP contribution in [0.2, 0.25) is 0 Å². The zero-order valence-electron chi connectivity index (χ0n) is 19.2. The van der Waals surface area contributed by atoms with Crippen molar-refractivity contribution >= 4 is 11.8 Å². The molecule has 0 radical (unpaired) electrons. The van der Waals surface area contributed by atoms with Crippen LogP contribution < -0.4 is 0 Å². The Morgan fingerprint density at radius 1 is 1.12 bits per heavy atom. The van der Waals surface area contributed by atoms with Gasteiger partial charge in [0, 0.05) is 51.6 Å². The number of hydrogen-bond acceptors (Lipinski definition) is 3. The molecule has 0 saturated carbocycles. The fourth-order valence-corrected chi connectivity index (χ4v) is 5.19. The lowest BCUT2D eigenvalue weighted by atomic mass is 9.71. The van der Waals surface area contributed by atoms with Gasteiger partial charge in [0.15, 0.2) is 0 Å². The van der Waals surface area contributed by atoms with E-state index in [0.29, 0.717) is 44.7 Å². The van der Waals surface area contributed by atoms with Crippen LogP contribution >= 0.6 is 0 Å². The Morgan fingerprint density at radius 2 is 1.91 bits per heavy atom. The van der Waals surface area contributed by atoms with Crippen molar-refractivity contribution < 1.29 is 9.59 Å². The standard InChI is InChI=1S/C27H33N3O2/c1-29(2)26(32)27(13-16-30(17-14-27)25(31)18-21-8-3-4-9-21)19-22-10-5-6-12-24(22)23-11-7-15-28-20-23/h3,5-8,10-12,15,20-21H,4,9,13-14,16-19H2,1-2H3/t21-/m1/s1. The summed E-state index contributed by atoms with van der Waals surface area (Å²) in [5, 5.41) is 0. The lowest BCUT2D eigenvalue weighted by Crippen LogP contribution is -2.51. The molecule has 5 heteroatoms. The first-order valence-corrected chi connectivity index (χ1v) is 11.6. The number of carbonyl (C=O) groups excluding carboxylic acids is 2. The molecule has 2 amide bonds. The minimum absolute atomic E-state index is 0.157. The highest BCUT2D eigenvalue weighted by Gasteiger charge is 2.43. The van der Waals surface area contributed by atoms with E-state index in [1.54, 1.807) is 11.1 Å². The smallest absolute Gasteiger partial charge is 0.228 e. The van der Waals surface area contributed by atoms with E-state index in [1.165, 1.54) is 0 Å². The molecule has 1 atom stereocenters. The number of allylic oxidation sites excluding steroid dienone is 2. The molecule has 1 aliphatic heterocycles. The summed E-state index contributed by atoms with van der Waals surface area (Å²) in [6, 6.07) is 12.3. The summed E-state index contributed by atoms with van der Waals surface area (Å²) in [4.78, 5) is 34.2. The van der Waals surface area contributed by atoms with Crippen LogP contribution in [-0.4, -0.2) is 53.8 Å². The summed E-state index contributed by atoms with van der Waals surface area (Å²) in [5.74, 6) is 0.761. The van der Waals surface area contributed by atoms with Crippen molar-refractivity contribution in [1.29, 1.82) is 0 Å². The molecule has 2 aliphatic rings. The number of aromatic nitrogens is 1. The van der Waals surface area contributed by atoms with Crippen LogP contribution in [0.1, 0.15) is 37.7 Å². The van der Waals surface area contributed by atoms with Gasteiger partial charge >= 0.3 is 0 Å². The molecule has 1 aliphatic carbocycles. The first-order valence-electron chi connectivity index (χ1n) is 11.6. The first kappa shape index (κ1) is 22.3.